The van der Waals surface area contributed by atoms with E-state index in [2.05, 4.69) is 4.40 Å². The summed E-state index contributed by atoms with van der Waals surface area (Å²) in [6.07, 6.45) is 0. The van der Waals surface area contributed by atoms with Crippen LogP contribution in [-0.4, -0.2) is 27.1 Å². The Hall–Kier alpha value is -2.02. The van der Waals surface area contributed by atoms with Crippen LogP contribution in [0.2, 0.25) is 0 Å². The average molecular weight is 288 g/mol. The van der Waals surface area contributed by atoms with Gasteiger partial charge in [0, 0.05) is 23.2 Å². The van der Waals surface area contributed by atoms with E-state index in [4.69, 9.17) is 0 Å². The number of anilines is 1. The highest BCUT2D eigenvalue weighted by molar-refractivity contribution is 8.23. The Kier molecular flexibility index (Phi) is 2.93. The number of benzene rings is 2. The molecule has 0 atom stereocenters. The van der Waals surface area contributed by atoms with E-state index in [0.29, 0.717) is 11.4 Å². The maximum atomic E-state index is 12.0. The molecular formula is C14H12N2O3S-2. The lowest BCUT2D eigenvalue weighted by Gasteiger charge is -2.52. The lowest BCUT2D eigenvalue weighted by Crippen LogP contribution is -2.25. The largest absolute Gasteiger partial charge is 0.778 e. The van der Waals surface area contributed by atoms with Gasteiger partial charge in [0.25, 0.3) is 0 Å². The summed E-state index contributed by atoms with van der Waals surface area (Å²) < 4.78 is 27.8. The highest BCUT2D eigenvalue weighted by Crippen LogP contribution is 2.55. The molecule has 104 valence electrons. The van der Waals surface area contributed by atoms with E-state index in [1.807, 2.05) is 0 Å². The molecule has 20 heavy (non-hydrogen) atoms. The Labute approximate surface area is 118 Å². The first kappa shape index (κ1) is 13.0. The second-order valence-corrected chi connectivity index (χ2v) is 6.03. The summed E-state index contributed by atoms with van der Waals surface area (Å²) in [5.74, 6) is 0.537. The predicted octanol–water partition coefficient (Wildman–Crippen LogP) is 2.63. The second kappa shape index (κ2) is 4.52. The van der Waals surface area contributed by atoms with Crippen LogP contribution in [0.15, 0.2) is 57.8 Å². The molecule has 0 amide bonds. The summed E-state index contributed by atoms with van der Waals surface area (Å²) >= 11 is 0. The van der Waals surface area contributed by atoms with Crippen LogP contribution in [0.1, 0.15) is 5.56 Å². The van der Waals surface area contributed by atoms with E-state index < -0.39 is 10.8 Å². The SMILES string of the molecule is CN(C1=NS([O-])([O-])c2ccccc21)c1ccc(O)cc1. The normalized spacial score (nSPS) is 17.2. The highest BCUT2D eigenvalue weighted by Gasteiger charge is 2.22. The van der Waals surface area contributed by atoms with Gasteiger partial charge in [0.1, 0.15) is 5.75 Å². The summed E-state index contributed by atoms with van der Waals surface area (Å²) in [4.78, 5) is 1.91. The number of fused-ring (bicyclic) bond motifs is 1. The quantitative estimate of drug-likeness (QED) is 0.874. The molecule has 2 aromatic rings. The third-order valence-electron chi connectivity index (χ3n) is 3.17. The number of rotatable bonds is 1. The van der Waals surface area contributed by atoms with Gasteiger partial charge in [0.2, 0.25) is 0 Å². The minimum absolute atomic E-state index is 0.156. The first-order chi connectivity index (χ1) is 9.49. The minimum atomic E-state index is -3.62. The zero-order chi connectivity index (χ0) is 14.3. The third kappa shape index (κ3) is 2.03. The fourth-order valence-electron chi connectivity index (χ4n) is 2.13. The maximum Gasteiger partial charge on any atom is 0.155 e. The number of hydrogen-bond donors (Lipinski definition) is 1. The van der Waals surface area contributed by atoms with Gasteiger partial charge in [-0.3, -0.25) is 0 Å². The van der Waals surface area contributed by atoms with Crippen molar-refractivity contribution >= 4 is 22.3 Å². The molecule has 0 bridgehead atoms. The maximum absolute atomic E-state index is 12.0. The number of sulfonamides is 1. The molecule has 1 aliphatic heterocycles. The molecular weight excluding hydrogens is 276 g/mol. The van der Waals surface area contributed by atoms with Gasteiger partial charge >= 0.3 is 0 Å². The summed E-state index contributed by atoms with van der Waals surface area (Å²) in [7, 11) is -1.88. The Bertz CT molecular complexity index is 683. The molecule has 2 aromatic carbocycles. The van der Waals surface area contributed by atoms with Crippen molar-refractivity contribution in [2.75, 3.05) is 11.9 Å². The number of phenols is 1. The van der Waals surface area contributed by atoms with Crippen LogP contribution in [-0.2, 0) is 0 Å². The molecule has 0 saturated heterocycles. The first-order valence-electron chi connectivity index (χ1n) is 5.96. The summed E-state index contributed by atoms with van der Waals surface area (Å²) in [6, 6.07) is 13.2. The average Bonchev–Trinajstić information content (AvgIpc) is 2.72. The first-order valence-corrected chi connectivity index (χ1v) is 7.40. The van der Waals surface area contributed by atoms with Gasteiger partial charge in [-0.05, 0) is 36.4 Å². The van der Waals surface area contributed by atoms with E-state index in [1.165, 1.54) is 0 Å². The van der Waals surface area contributed by atoms with E-state index in [-0.39, 0.29) is 10.6 Å². The van der Waals surface area contributed by atoms with Crippen molar-refractivity contribution in [2.24, 2.45) is 4.40 Å². The van der Waals surface area contributed by atoms with Crippen LogP contribution in [0.25, 0.3) is 0 Å². The van der Waals surface area contributed by atoms with Crippen LogP contribution in [0.5, 0.6) is 5.75 Å². The van der Waals surface area contributed by atoms with E-state index in [9.17, 15) is 14.2 Å². The monoisotopic (exact) mass is 288 g/mol. The number of nitrogens with zero attached hydrogens (tertiary/aromatic N) is 2. The third-order valence-corrected chi connectivity index (χ3v) is 4.49. The summed E-state index contributed by atoms with van der Waals surface area (Å²) in [5, 5.41) is 9.30. The van der Waals surface area contributed by atoms with Gasteiger partial charge < -0.3 is 29.9 Å². The van der Waals surface area contributed by atoms with E-state index in [1.54, 1.807) is 60.5 Å². The molecule has 0 spiro atoms. The van der Waals surface area contributed by atoms with Crippen LogP contribution in [0.4, 0.5) is 5.69 Å². The van der Waals surface area contributed by atoms with Crippen molar-refractivity contribution < 1.29 is 14.2 Å². The van der Waals surface area contributed by atoms with Crippen LogP contribution in [0, 0.1) is 0 Å². The number of hydrogen-bond acceptors (Lipinski definition) is 5. The fourth-order valence-corrected chi connectivity index (χ4v) is 3.36. The van der Waals surface area contributed by atoms with Crippen molar-refractivity contribution in [3.63, 3.8) is 0 Å². The van der Waals surface area contributed by atoms with Crippen LogP contribution < -0.4 is 4.90 Å². The highest BCUT2D eigenvalue weighted by atomic mass is 32.3. The molecule has 0 saturated carbocycles. The molecule has 0 unspecified atom stereocenters. The fraction of sp³-hybridized carbons (Fsp3) is 0.0714. The van der Waals surface area contributed by atoms with Crippen molar-refractivity contribution in [3.8, 4) is 5.75 Å². The molecule has 0 radical (unpaired) electrons. The molecule has 3 rings (SSSR count). The van der Waals surface area contributed by atoms with Gasteiger partial charge in [0.15, 0.2) is 5.84 Å². The van der Waals surface area contributed by atoms with Gasteiger partial charge in [-0.1, -0.05) is 12.1 Å². The van der Waals surface area contributed by atoms with E-state index in [0.717, 1.165) is 5.69 Å². The Morgan fingerprint density at radius 3 is 2.40 bits per heavy atom. The molecule has 1 heterocycles. The van der Waals surface area contributed by atoms with Crippen molar-refractivity contribution in [1.82, 2.24) is 0 Å². The van der Waals surface area contributed by atoms with Crippen LogP contribution >= 0.6 is 10.8 Å². The predicted molar refractivity (Wildman–Crippen MR) is 76.9 cm³/mol. The lowest BCUT2D eigenvalue weighted by molar-refractivity contribution is 0.448. The Morgan fingerprint density at radius 2 is 1.70 bits per heavy atom. The number of amidine groups is 1. The molecule has 1 N–H and O–H groups in total. The van der Waals surface area contributed by atoms with Crippen molar-refractivity contribution in [3.05, 3.63) is 54.1 Å². The minimum Gasteiger partial charge on any atom is -0.778 e. The molecule has 0 aliphatic carbocycles. The number of aromatic hydroxyl groups is 1. The van der Waals surface area contributed by atoms with Gasteiger partial charge in [-0.2, -0.15) is 0 Å². The van der Waals surface area contributed by atoms with Gasteiger partial charge in [-0.15, -0.1) is 0 Å². The standard InChI is InChI=1S/C14H14N2O3S/c1-16(10-6-8-11(17)9-7-10)14-12-4-2-3-5-13(12)20(18,19)15-14/h2-9,17-19H,1H3/p-2. The van der Waals surface area contributed by atoms with Gasteiger partial charge in [-0.25, -0.2) is 4.40 Å². The molecule has 6 heteroatoms. The second-order valence-electron chi connectivity index (χ2n) is 4.46. The topological polar surface area (TPSA) is 82.0 Å². The smallest absolute Gasteiger partial charge is 0.155 e. The zero-order valence-electron chi connectivity index (χ0n) is 10.7. The molecule has 0 aromatic heterocycles. The molecule has 1 aliphatic rings. The molecule has 5 nitrogen and oxygen atoms in total. The van der Waals surface area contributed by atoms with Crippen molar-refractivity contribution in [2.45, 2.75) is 4.90 Å². The Morgan fingerprint density at radius 1 is 1.05 bits per heavy atom. The number of phenolic OH excluding ortho intramolecular Hbond substituents is 1. The summed E-state index contributed by atoms with van der Waals surface area (Å²) in [5.41, 5.74) is 1.33. The summed E-state index contributed by atoms with van der Waals surface area (Å²) in [6.45, 7) is 0. The lowest BCUT2D eigenvalue weighted by atomic mass is 10.2. The molecule has 0 fully saturated rings. The van der Waals surface area contributed by atoms with Crippen LogP contribution in [0.3, 0.4) is 0 Å². The van der Waals surface area contributed by atoms with Crippen molar-refractivity contribution in [1.29, 1.82) is 0 Å². The van der Waals surface area contributed by atoms with Gasteiger partial charge in [0.05, 0.1) is 0 Å². The van der Waals surface area contributed by atoms with E-state index >= 15 is 0 Å². The zero-order valence-corrected chi connectivity index (χ0v) is 11.5. The Balaban J connectivity index is 2.05.